The largest absolute Gasteiger partial charge is 0.469 e. The first-order valence-corrected chi connectivity index (χ1v) is 8.37. The van der Waals surface area contributed by atoms with E-state index in [1.807, 2.05) is 0 Å². The summed E-state index contributed by atoms with van der Waals surface area (Å²) in [7, 11) is 0. The Hall–Kier alpha value is -2.63. The highest BCUT2D eigenvalue weighted by Gasteiger charge is 2.49. The fourth-order valence-corrected chi connectivity index (χ4v) is 3.93. The molecular formula is C19H19FN2O3. The van der Waals surface area contributed by atoms with Crippen molar-refractivity contribution in [3.05, 3.63) is 53.7 Å². The molecule has 2 aliphatic heterocycles. The van der Waals surface area contributed by atoms with E-state index >= 15 is 0 Å². The summed E-state index contributed by atoms with van der Waals surface area (Å²) >= 11 is 0. The van der Waals surface area contributed by atoms with Crippen LogP contribution in [0.25, 0.3) is 0 Å². The lowest BCUT2D eigenvalue weighted by Gasteiger charge is -2.24. The van der Waals surface area contributed by atoms with Gasteiger partial charge in [0.05, 0.1) is 11.8 Å². The van der Waals surface area contributed by atoms with Crippen LogP contribution in [0.3, 0.4) is 0 Å². The Balaban J connectivity index is 1.52. The third kappa shape index (κ3) is 2.71. The molecule has 0 N–H and O–H groups in total. The first-order chi connectivity index (χ1) is 12.0. The maximum atomic E-state index is 13.5. The van der Waals surface area contributed by atoms with Crippen molar-refractivity contribution in [2.24, 2.45) is 5.41 Å². The van der Waals surface area contributed by atoms with Crippen LogP contribution >= 0.6 is 0 Å². The highest BCUT2D eigenvalue weighted by molar-refractivity contribution is 5.98. The van der Waals surface area contributed by atoms with Crippen LogP contribution in [0.2, 0.25) is 0 Å². The molecule has 2 saturated heterocycles. The number of nitrogens with zero attached hydrogens (tertiary/aromatic N) is 2. The fourth-order valence-electron chi connectivity index (χ4n) is 3.93. The predicted molar refractivity (Wildman–Crippen MR) is 89.8 cm³/mol. The first-order valence-electron chi connectivity index (χ1n) is 8.37. The molecule has 6 heteroatoms. The van der Waals surface area contributed by atoms with E-state index in [0.29, 0.717) is 43.1 Å². The maximum Gasteiger partial charge on any atom is 0.257 e. The fraction of sp³-hybridized carbons (Fsp3) is 0.368. The summed E-state index contributed by atoms with van der Waals surface area (Å²) in [6.45, 7) is 3.44. The van der Waals surface area contributed by atoms with Crippen LogP contribution in [-0.4, -0.2) is 36.3 Å². The molecule has 1 aromatic heterocycles. The number of carbonyl (C=O) groups is 2. The second-order valence-electron chi connectivity index (χ2n) is 7.00. The predicted octanol–water partition coefficient (Wildman–Crippen LogP) is 3.00. The van der Waals surface area contributed by atoms with Gasteiger partial charge in [-0.3, -0.25) is 9.59 Å². The van der Waals surface area contributed by atoms with Gasteiger partial charge in [-0.2, -0.15) is 0 Å². The minimum atomic E-state index is -0.357. The lowest BCUT2D eigenvalue weighted by Crippen LogP contribution is -2.34. The molecule has 2 amide bonds. The number of carbonyl (C=O) groups excluding carboxylic acids is 2. The number of hydrogen-bond acceptors (Lipinski definition) is 3. The van der Waals surface area contributed by atoms with Gasteiger partial charge >= 0.3 is 0 Å². The van der Waals surface area contributed by atoms with Crippen molar-refractivity contribution in [3.63, 3.8) is 0 Å². The van der Waals surface area contributed by atoms with Gasteiger partial charge in [-0.1, -0.05) is 6.07 Å². The van der Waals surface area contributed by atoms with Gasteiger partial charge < -0.3 is 14.2 Å². The molecule has 5 nitrogen and oxygen atoms in total. The Labute approximate surface area is 145 Å². The minimum Gasteiger partial charge on any atom is -0.469 e. The molecule has 0 aliphatic carbocycles. The molecule has 4 rings (SSSR count). The van der Waals surface area contributed by atoms with Crippen molar-refractivity contribution in [2.75, 3.05) is 24.5 Å². The maximum absolute atomic E-state index is 13.5. The van der Waals surface area contributed by atoms with Crippen LogP contribution in [0.5, 0.6) is 0 Å². The quantitative estimate of drug-likeness (QED) is 0.843. The minimum absolute atomic E-state index is 0.0145. The van der Waals surface area contributed by atoms with E-state index < -0.39 is 0 Å². The van der Waals surface area contributed by atoms with E-state index in [1.165, 1.54) is 18.4 Å². The molecule has 25 heavy (non-hydrogen) atoms. The average Bonchev–Trinajstić information content (AvgIpc) is 3.27. The van der Waals surface area contributed by atoms with Crippen molar-refractivity contribution < 1.29 is 18.4 Å². The summed E-state index contributed by atoms with van der Waals surface area (Å²) in [4.78, 5) is 28.6. The van der Waals surface area contributed by atoms with Crippen LogP contribution in [0.15, 0.2) is 41.0 Å². The number of hydrogen-bond donors (Lipinski definition) is 0. The van der Waals surface area contributed by atoms with E-state index in [9.17, 15) is 14.0 Å². The third-order valence-electron chi connectivity index (χ3n) is 5.26. The molecule has 1 atom stereocenters. The zero-order chi connectivity index (χ0) is 17.6. The van der Waals surface area contributed by atoms with Crippen molar-refractivity contribution in [1.29, 1.82) is 0 Å². The van der Waals surface area contributed by atoms with E-state index in [0.717, 1.165) is 6.42 Å². The van der Waals surface area contributed by atoms with Crippen molar-refractivity contribution in [3.8, 4) is 0 Å². The van der Waals surface area contributed by atoms with Gasteiger partial charge in [0.15, 0.2) is 0 Å². The number of rotatable bonds is 2. The van der Waals surface area contributed by atoms with E-state index in [1.54, 1.807) is 34.9 Å². The Bertz CT molecular complexity index is 847. The number of anilines is 1. The molecule has 0 saturated carbocycles. The summed E-state index contributed by atoms with van der Waals surface area (Å²) in [5.74, 6) is 0.180. The van der Waals surface area contributed by atoms with E-state index in [4.69, 9.17) is 4.42 Å². The van der Waals surface area contributed by atoms with Gasteiger partial charge in [-0.05, 0) is 37.6 Å². The highest BCUT2D eigenvalue weighted by atomic mass is 19.1. The zero-order valence-electron chi connectivity index (χ0n) is 14.0. The van der Waals surface area contributed by atoms with Crippen LogP contribution < -0.4 is 4.90 Å². The average molecular weight is 342 g/mol. The molecule has 0 radical (unpaired) electrons. The molecule has 1 aromatic carbocycles. The van der Waals surface area contributed by atoms with Crippen LogP contribution in [-0.2, 0) is 4.79 Å². The van der Waals surface area contributed by atoms with Crippen LogP contribution in [0.4, 0.5) is 10.1 Å². The monoisotopic (exact) mass is 342 g/mol. The summed E-state index contributed by atoms with van der Waals surface area (Å²) in [6.07, 6.45) is 2.67. The summed E-state index contributed by atoms with van der Waals surface area (Å²) in [5.41, 5.74) is 0.900. The van der Waals surface area contributed by atoms with Crippen molar-refractivity contribution in [1.82, 2.24) is 4.90 Å². The molecule has 2 aromatic rings. The topological polar surface area (TPSA) is 53.8 Å². The third-order valence-corrected chi connectivity index (χ3v) is 5.26. The second kappa shape index (κ2) is 5.72. The lowest BCUT2D eigenvalue weighted by atomic mass is 9.86. The number of halogens is 1. The Morgan fingerprint density at radius 2 is 2.12 bits per heavy atom. The molecule has 1 spiro atoms. The van der Waals surface area contributed by atoms with Gasteiger partial charge in [0.2, 0.25) is 5.91 Å². The molecule has 3 heterocycles. The molecular weight excluding hydrogens is 323 g/mol. The van der Waals surface area contributed by atoms with Crippen molar-refractivity contribution >= 4 is 17.5 Å². The van der Waals surface area contributed by atoms with Crippen LogP contribution in [0, 0.1) is 18.2 Å². The zero-order valence-corrected chi connectivity index (χ0v) is 14.0. The highest BCUT2D eigenvalue weighted by Crippen LogP contribution is 2.42. The Morgan fingerprint density at radius 1 is 1.28 bits per heavy atom. The SMILES string of the molecule is Cc1occc1C(=O)N1CCC2(CC(=O)N(c3cccc(F)c3)C2)C1. The van der Waals surface area contributed by atoms with Crippen LogP contribution in [0.1, 0.15) is 29.0 Å². The summed E-state index contributed by atoms with van der Waals surface area (Å²) in [5, 5.41) is 0. The standard InChI is InChI=1S/C19H19FN2O3/c1-13-16(5-8-25-13)18(24)21-7-6-19(11-21)10-17(23)22(12-19)15-4-2-3-14(20)9-15/h2-5,8-9H,6-7,10-12H2,1H3. The van der Waals surface area contributed by atoms with Gasteiger partial charge in [0.1, 0.15) is 11.6 Å². The Morgan fingerprint density at radius 3 is 2.84 bits per heavy atom. The van der Waals surface area contributed by atoms with E-state index in [2.05, 4.69) is 0 Å². The molecule has 0 bridgehead atoms. The number of aryl methyl sites for hydroxylation is 1. The second-order valence-corrected chi connectivity index (χ2v) is 7.00. The summed E-state index contributed by atoms with van der Waals surface area (Å²) in [6, 6.07) is 7.77. The normalized spacial score (nSPS) is 23.0. The summed E-state index contributed by atoms with van der Waals surface area (Å²) < 4.78 is 18.7. The first kappa shape index (κ1) is 15.9. The van der Waals surface area contributed by atoms with Gasteiger partial charge in [0.25, 0.3) is 5.91 Å². The molecule has 130 valence electrons. The molecule has 1 unspecified atom stereocenters. The van der Waals surface area contributed by atoms with Crippen molar-refractivity contribution in [2.45, 2.75) is 19.8 Å². The van der Waals surface area contributed by atoms with E-state index in [-0.39, 0.29) is 23.0 Å². The number of likely N-dealkylation sites (tertiary alicyclic amines) is 1. The van der Waals surface area contributed by atoms with Gasteiger partial charge in [0, 0.05) is 37.2 Å². The smallest absolute Gasteiger partial charge is 0.257 e. The lowest BCUT2D eigenvalue weighted by molar-refractivity contribution is -0.117. The van der Waals surface area contributed by atoms with Gasteiger partial charge in [-0.15, -0.1) is 0 Å². The Kier molecular flexibility index (Phi) is 3.63. The molecule has 2 aliphatic rings. The number of furan rings is 1. The number of benzene rings is 1. The van der Waals surface area contributed by atoms with Gasteiger partial charge in [-0.25, -0.2) is 4.39 Å². The molecule has 2 fully saturated rings. The number of amides is 2.